The number of amides is 1. The third-order valence-corrected chi connectivity index (χ3v) is 4.32. The molecule has 0 radical (unpaired) electrons. The van der Waals surface area contributed by atoms with E-state index < -0.39 is 24.2 Å². The molecule has 0 unspecified atom stereocenters. The average Bonchev–Trinajstić information content (AvgIpc) is 2.97. The van der Waals surface area contributed by atoms with Crippen molar-refractivity contribution in [2.24, 2.45) is 0 Å². The maximum absolute atomic E-state index is 13.6. The highest BCUT2D eigenvalue weighted by Crippen LogP contribution is 2.43. The van der Waals surface area contributed by atoms with Crippen LogP contribution >= 0.6 is 0 Å². The summed E-state index contributed by atoms with van der Waals surface area (Å²) < 4.78 is 41.7. The third kappa shape index (κ3) is 3.68. The molecule has 0 fully saturated rings. The molecule has 2 heterocycles. The summed E-state index contributed by atoms with van der Waals surface area (Å²) in [4.78, 5) is 12.1. The van der Waals surface area contributed by atoms with Gasteiger partial charge in [-0.05, 0) is 26.3 Å². The summed E-state index contributed by atoms with van der Waals surface area (Å²) in [5, 5.41) is 9.65. The molecule has 5 nitrogen and oxygen atoms in total. The Morgan fingerprint density at radius 2 is 1.96 bits per heavy atom. The van der Waals surface area contributed by atoms with Gasteiger partial charge in [-0.15, -0.1) is 0 Å². The van der Waals surface area contributed by atoms with Gasteiger partial charge in [0, 0.05) is 18.5 Å². The Balaban J connectivity index is 1.96. The van der Waals surface area contributed by atoms with Crippen LogP contribution in [-0.2, 0) is 0 Å². The van der Waals surface area contributed by atoms with Gasteiger partial charge in [0.1, 0.15) is 5.82 Å². The summed E-state index contributed by atoms with van der Waals surface area (Å²) in [5.41, 5.74) is 1.78. The van der Waals surface area contributed by atoms with Crippen LogP contribution in [0.5, 0.6) is 0 Å². The zero-order valence-electron chi connectivity index (χ0n) is 14.8. The summed E-state index contributed by atoms with van der Waals surface area (Å²) >= 11 is 0. The van der Waals surface area contributed by atoms with Gasteiger partial charge in [-0.2, -0.15) is 18.3 Å². The highest BCUT2D eigenvalue weighted by atomic mass is 19.4. The second-order valence-electron chi connectivity index (χ2n) is 6.89. The first kappa shape index (κ1) is 18.3. The first-order valence-electron chi connectivity index (χ1n) is 8.45. The van der Waals surface area contributed by atoms with Crippen LogP contribution in [-0.4, -0.2) is 27.9 Å². The van der Waals surface area contributed by atoms with Gasteiger partial charge in [0.05, 0.1) is 6.04 Å². The number of hydrogen-bond donors (Lipinski definition) is 2. The predicted octanol–water partition coefficient (Wildman–Crippen LogP) is 3.99. The van der Waals surface area contributed by atoms with Crippen molar-refractivity contribution in [3.05, 3.63) is 47.2 Å². The van der Waals surface area contributed by atoms with E-state index in [0.717, 1.165) is 15.8 Å². The molecule has 1 aliphatic heterocycles. The van der Waals surface area contributed by atoms with Crippen molar-refractivity contribution in [1.82, 2.24) is 15.1 Å². The maximum Gasteiger partial charge on any atom is 0.410 e. The number of carbonyl (C=O) groups is 1. The lowest BCUT2D eigenvalue weighted by molar-refractivity contribution is -0.173. The molecule has 3 rings (SSSR count). The minimum absolute atomic E-state index is 0.0278. The first-order chi connectivity index (χ1) is 12.1. The number of alkyl halides is 3. The molecule has 2 aromatic rings. The van der Waals surface area contributed by atoms with E-state index in [-0.39, 0.29) is 24.0 Å². The van der Waals surface area contributed by atoms with Crippen LogP contribution in [0.15, 0.2) is 30.3 Å². The molecule has 140 valence electrons. The van der Waals surface area contributed by atoms with Crippen molar-refractivity contribution in [3.63, 3.8) is 0 Å². The molecule has 0 saturated heterocycles. The van der Waals surface area contributed by atoms with Crippen LogP contribution in [0, 0.1) is 6.92 Å². The molecule has 26 heavy (non-hydrogen) atoms. The van der Waals surface area contributed by atoms with E-state index in [9.17, 15) is 18.0 Å². The zero-order valence-corrected chi connectivity index (χ0v) is 14.8. The number of nitrogens with zero attached hydrogens (tertiary/aromatic N) is 2. The Morgan fingerprint density at radius 3 is 2.54 bits per heavy atom. The number of rotatable bonds is 3. The van der Waals surface area contributed by atoms with Gasteiger partial charge in [-0.25, -0.2) is 4.68 Å². The monoisotopic (exact) mass is 366 g/mol. The molecule has 2 atom stereocenters. The van der Waals surface area contributed by atoms with E-state index in [1.165, 1.54) is 6.07 Å². The molecule has 1 aliphatic rings. The number of aryl methyl sites for hydroxylation is 1. The summed E-state index contributed by atoms with van der Waals surface area (Å²) in [5.74, 6) is -0.297. The van der Waals surface area contributed by atoms with Crippen molar-refractivity contribution >= 4 is 11.7 Å². The molecule has 8 heteroatoms. The molecule has 1 amide bonds. The Labute approximate surface area is 149 Å². The lowest BCUT2D eigenvalue weighted by Crippen LogP contribution is -2.36. The smallest absolute Gasteiger partial charge is 0.363 e. The van der Waals surface area contributed by atoms with Crippen molar-refractivity contribution in [2.75, 3.05) is 5.32 Å². The van der Waals surface area contributed by atoms with E-state index in [2.05, 4.69) is 15.7 Å². The minimum atomic E-state index is -4.46. The highest BCUT2D eigenvalue weighted by molar-refractivity contribution is 5.93. The largest absolute Gasteiger partial charge is 0.410 e. The van der Waals surface area contributed by atoms with Crippen molar-refractivity contribution in [2.45, 2.75) is 51.5 Å². The predicted molar refractivity (Wildman–Crippen MR) is 92.1 cm³/mol. The lowest BCUT2D eigenvalue weighted by Gasteiger charge is -2.33. The summed E-state index contributed by atoms with van der Waals surface area (Å²) in [7, 11) is 0. The molecule has 1 aromatic heterocycles. The molecular weight excluding hydrogens is 345 g/mol. The summed E-state index contributed by atoms with van der Waals surface area (Å²) in [6.45, 7) is 5.47. The van der Waals surface area contributed by atoms with Crippen molar-refractivity contribution < 1.29 is 18.0 Å². The molecular formula is C18H21F3N4O. The topological polar surface area (TPSA) is 59.0 Å². The summed E-state index contributed by atoms with van der Waals surface area (Å²) in [6.07, 6.45) is -4.65. The van der Waals surface area contributed by atoms with Crippen LogP contribution in [0.4, 0.5) is 19.0 Å². The average molecular weight is 366 g/mol. The Hall–Kier alpha value is -2.51. The van der Waals surface area contributed by atoms with Gasteiger partial charge in [0.2, 0.25) is 0 Å². The zero-order chi connectivity index (χ0) is 19.1. The van der Waals surface area contributed by atoms with Crippen LogP contribution in [0.3, 0.4) is 0 Å². The molecule has 0 spiro atoms. The maximum atomic E-state index is 13.6. The fraction of sp³-hybridized carbons (Fsp3) is 0.444. The Kier molecular flexibility index (Phi) is 4.68. The Bertz CT molecular complexity index is 796. The van der Waals surface area contributed by atoms with E-state index in [0.29, 0.717) is 0 Å². The molecule has 0 saturated carbocycles. The number of benzene rings is 1. The van der Waals surface area contributed by atoms with Gasteiger partial charge in [0.15, 0.2) is 11.7 Å². The second-order valence-corrected chi connectivity index (χ2v) is 6.89. The first-order valence-corrected chi connectivity index (χ1v) is 8.45. The third-order valence-electron chi connectivity index (χ3n) is 4.32. The fourth-order valence-corrected chi connectivity index (χ4v) is 3.04. The number of carbonyl (C=O) groups excluding carboxylic acids is 1. The van der Waals surface area contributed by atoms with Gasteiger partial charge in [0.25, 0.3) is 5.91 Å². The quantitative estimate of drug-likeness (QED) is 0.864. The van der Waals surface area contributed by atoms with Crippen LogP contribution in [0.1, 0.15) is 54.0 Å². The van der Waals surface area contributed by atoms with Gasteiger partial charge in [-0.1, -0.05) is 29.8 Å². The molecule has 1 aromatic carbocycles. The standard InChI is InChI=1S/C18H21F3N4O/c1-10(2)22-17(26)14-9-16-23-13(12-6-4-11(3)5-7-12)8-15(18(19,20)21)25(16)24-14/h4-7,9-10,13,15,23H,8H2,1-3H3,(H,22,26)/t13-,15+/m0/s1. The number of nitrogens with one attached hydrogen (secondary N) is 2. The van der Waals surface area contributed by atoms with Crippen molar-refractivity contribution in [1.29, 1.82) is 0 Å². The number of halogens is 3. The van der Waals surface area contributed by atoms with Gasteiger partial charge >= 0.3 is 6.18 Å². The normalized spacial score (nSPS) is 19.8. The van der Waals surface area contributed by atoms with Crippen LogP contribution in [0.2, 0.25) is 0 Å². The van der Waals surface area contributed by atoms with Gasteiger partial charge in [-0.3, -0.25) is 4.79 Å². The lowest BCUT2D eigenvalue weighted by atomic mass is 9.96. The molecule has 0 bridgehead atoms. The molecule has 2 N–H and O–H groups in total. The van der Waals surface area contributed by atoms with E-state index in [4.69, 9.17) is 0 Å². The number of fused-ring (bicyclic) bond motifs is 1. The van der Waals surface area contributed by atoms with E-state index in [1.54, 1.807) is 13.8 Å². The van der Waals surface area contributed by atoms with E-state index >= 15 is 0 Å². The van der Waals surface area contributed by atoms with Crippen LogP contribution in [0.25, 0.3) is 0 Å². The SMILES string of the molecule is Cc1ccc([C@@H]2C[C@H](C(F)(F)F)n3nc(C(=O)NC(C)C)cc3N2)cc1. The number of aromatic nitrogens is 2. The van der Waals surface area contributed by atoms with Crippen LogP contribution < -0.4 is 10.6 Å². The van der Waals surface area contributed by atoms with Crippen molar-refractivity contribution in [3.8, 4) is 0 Å². The highest BCUT2D eigenvalue weighted by Gasteiger charge is 2.46. The van der Waals surface area contributed by atoms with Gasteiger partial charge < -0.3 is 10.6 Å². The minimum Gasteiger partial charge on any atom is -0.363 e. The second kappa shape index (κ2) is 6.66. The fourth-order valence-electron chi connectivity index (χ4n) is 3.04. The van der Waals surface area contributed by atoms with E-state index in [1.807, 2.05) is 31.2 Å². The molecule has 0 aliphatic carbocycles. The number of hydrogen-bond acceptors (Lipinski definition) is 3. The summed E-state index contributed by atoms with van der Waals surface area (Å²) in [6, 6.07) is 6.32. The number of anilines is 1. The Morgan fingerprint density at radius 1 is 1.31 bits per heavy atom.